The second-order valence-corrected chi connectivity index (χ2v) is 7.73. The van der Waals surface area contributed by atoms with Crippen molar-refractivity contribution in [3.8, 4) is 0 Å². The molecule has 2 atom stereocenters. The molecule has 148 valence electrons. The maximum absolute atomic E-state index is 13.0. The molecule has 2 aliphatic heterocycles. The van der Waals surface area contributed by atoms with Crippen molar-refractivity contribution in [3.05, 3.63) is 60.1 Å². The Morgan fingerprint density at radius 2 is 1.93 bits per heavy atom. The Morgan fingerprint density at radius 3 is 2.64 bits per heavy atom. The Kier molecular flexibility index (Phi) is 5.76. The number of hydrogen-bond acceptors (Lipinski definition) is 4. The number of likely N-dealkylation sites (tertiary alicyclic amines) is 2. The summed E-state index contributed by atoms with van der Waals surface area (Å²) in [7, 11) is 0. The summed E-state index contributed by atoms with van der Waals surface area (Å²) < 4.78 is 5.34. The fraction of sp³-hybridized carbons (Fsp3) is 0.455. The van der Waals surface area contributed by atoms with E-state index in [1.165, 1.54) is 12.8 Å². The largest absolute Gasteiger partial charge is 0.467 e. The summed E-state index contributed by atoms with van der Waals surface area (Å²) >= 11 is 0. The van der Waals surface area contributed by atoms with Crippen molar-refractivity contribution in [3.63, 3.8) is 0 Å². The van der Waals surface area contributed by atoms with Crippen LogP contribution in [0.15, 0.2) is 53.1 Å². The zero-order chi connectivity index (χ0) is 19.3. The van der Waals surface area contributed by atoms with Crippen molar-refractivity contribution in [1.29, 1.82) is 0 Å². The van der Waals surface area contributed by atoms with Gasteiger partial charge >= 0.3 is 0 Å². The SMILES string of the molecule is O=C(NC(CN1CCCC1)c1ccccc1)C1CC(=O)N(Cc2ccco2)C1. The molecular weight excluding hydrogens is 354 g/mol. The summed E-state index contributed by atoms with van der Waals surface area (Å²) in [5.41, 5.74) is 1.11. The number of furan rings is 1. The van der Waals surface area contributed by atoms with Gasteiger partial charge in [-0.2, -0.15) is 0 Å². The molecular formula is C22H27N3O3. The first-order valence-corrected chi connectivity index (χ1v) is 10.1. The van der Waals surface area contributed by atoms with E-state index >= 15 is 0 Å². The molecule has 1 aromatic heterocycles. The number of carbonyl (C=O) groups excluding carboxylic acids is 2. The van der Waals surface area contributed by atoms with Crippen LogP contribution < -0.4 is 5.32 Å². The lowest BCUT2D eigenvalue weighted by atomic mass is 10.0. The molecule has 2 amide bonds. The molecule has 0 radical (unpaired) electrons. The minimum absolute atomic E-state index is 0.00681. The molecule has 2 aliphatic rings. The highest BCUT2D eigenvalue weighted by molar-refractivity contribution is 5.89. The molecule has 3 heterocycles. The molecule has 2 aromatic rings. The van der Waals surface area contributed by atoms with Crippen LogP contribution in [0, 0.1) is 5.92 Å². The van der Waals surface area contributed by atoms with Crippen molar-refractivity contribution in [2.24, 2.45) is 5.92 Å². The molecule has 2 fully saturated rings. The van der Waals surface area contributed by atoms with Gasteiger partial charge in [-0.1, -0.05) is 30.3 Å². The summed E-state index contributed by atoms with van der Waals surface area (Å²) in [6.07, 6.45) is 4.29. The van der Waals surface area contributed by atoms with Gasteiger partial charge in [-0.15, -0.1) is 0 Å². The summed E-state index contributed by atoms with van der Waals surface area (Å²) in [6, 6.07) is 13.7. The van der Waals surface area contributed by atoms with Crippen molar-refractivity contribution in [2.75, 3.05) is 26.2 Å². The van der Waals surface area contributed by atoms with Gasteiger partial charge in [-0.05, 0) is 43.6 Å². The second-order valence-electron chi connectivity index (χ2n) is 7.73. The Labute approximate surface area is 165 Å². The number of nitrogens with zero attached hydrogens (tertiary/aromatic N) is 2. The van der Waals surface area contributed by atoms with E-state index in [4.69, 9.17) is 4.42 Å². The van der Waals surface area contributed by atoms with Gasteiger partial charge in [0.15, 0.2) is 0 Å². The van der Waals surface area contributed by atoms with Crippen molar-refractivity contribution in [2.45, 2.75) is 31.8 Å². The number of rotatable bonds is 7. The molecule has 2 saturated heterocycles. The number of benzene rings is 1. The molecule has 0 spiro atoms. The molecule has 0 aliphatic carbocycles. The smallest absolute Gasteiger partial charge is 0.225 e. The molecule has 2 unspecified atom stereocenters. The van der Waals surface area contributed by atoms with Gasteiger partial charge in [0.05, 0.1) is 24.8 Å². The summed E-state index contributed by atoms with van der Waals surface area (Å²) in [5.74, 6) is 0.397. The van der Waals surface area contributed by atoms with Crippen LogP contribution in [0.5, 0.6) is 0 Å². The van der Waals surface area contributed by atoms with Gasteiger partial charge in [-0.25, -0.2) is 0 Å². The molecule has 0 bridgehead atoms. The summed E-state index contributed by atoms with van der Waals surface area (Å²) in [4.78, 5) is 29.4. The Bertz CT molecular complexity index is 785. The lowest BCUT2D eigenvalue weighted by Crippen LogP contribution is -2.40. The van der Waals surface area contributed by atoms with E-state index in [0.717, 1.165) is 31.0 Å². The molecule has 6 nitrogen and oxygen atoms in total. The predicted molar refractivity (Wildman–Crippen MR) is 105 cm³/mol. The van der Waals surface area contributed by atoms with Crippen LogP contribution in [0.3, 0.4) is 0 Å². The Balaban J connectivity index is 1.40. The van der Waals surface area contributed by atoms with E-state index in [9.17, 15) is 9.59 Å². The molecule has 6 heteroatoms. The molecule has 1 aromatic carbocycles. The number of hydrogen-bond donors (Lipinski definition) is 1. The van der Waals surface area contributed by atoms with E-state index < -0.39 is 0 Å². The Hall–Kier alpha value is -2.60. The minimum atomic E-state index is -0.313. The van der Waals surface area contributed by atoms with E-state index in [1.807, 2.05) is 30.3 Å². The third kappa shape index (κ3) is 4.44. The quantitative estimate of drug-likeness (QED) is 0.801. The van der Waals surface area contributed by atoms with E-state index in [1.54, 1.807) is 11.2 Å². The first-order chi connectivity index (χ1) is 13.7. The molecule has 1 N–H and O–H groups in total. The summed E-state index contributed by atoms with van der Waals surface area (Å²) in [6.45, 7) is 3.84. The molecule has 0 saturated carbocycles. The maximum Gasteiger partial charge on any atom is 0.225 e. The zero-order valence-electron chi connectivity index (χ0n) is 16.0. The van der Waals surface area contributed by atoms with E-state index in [-0.39, 0.29) is 30.2 Å². The van der Waals surface area contributed by atoms with Gasteiger partial charge in [0.1, 0.15) is 5.76 Å². The fourth-order valence-electron chi connectivity index (χ4n) is 4.12. The highest BCUT2D eigenvalue weighted by atomic mass is 16.3. The van der Waals surface area contributed by atoms with E-state index in [0.29, 0.717) is 13.1 Å². The lowest BCUT2D eigenvalue weighted by molar-refractivity contribution is -0.129. The number of nitrogens with one attached hydrogen (secondary N) is 1. The summed E-state index contributed by atoms with van der Waals surface area (Å²) in [5, 5.41) is 3.22. The van der Waals surface area contributed by atoms with Gasteiger partial charge in [0, 0.05) is 19.5 Å². The standard InChI is InChI=1S/C22H27N3O3/c26-21-13-18(14-25(21)15-19-9-6-12-28-19)22(27)23-20(16-24-10-4-5-11-24)17-7-2-1-3-8-17/h1-3,6-9,12,18,20H,4-5,10-11,13-16H2,(H,23,27). The highest BCUT2D eigenvalue weighted by Crippen LogP contribution is 2.23. The normalized spacial score (nSPS) is 21.2. The second kappa shape index (κ2) is 8.61. The zero-order valence-corrected chi connectivity index (χ0v) is 16.0. The average Bonchev–Trinajstić information content (AvgIpc) is 3.46. The van der Waals surface area contributed by atoms with Crippen LogP contribution in [0.25, 0.3) is 0 Å². The predicted octanol–water partition coefficient (Wildman–Crippen LogP) is 2.58. The van der Waals surface area contributed by atoms with Crippen LogP contribution >= 0.6 is 0 Å². The molecule has 4 rings (SSSR count). The third-order valence-corrected chi connectivity index (χ3v) is 5.67. The topological polar surface area (TPSA) is 65.8 Å². The number of amides is 2. The molecule has 28 heavy (non-hydrogen) atoms. The lowest BCUT2D eigenvalue weighted by Gasteiger charge is -2.26. The highest BCUT2D eigenvalue weighted by Gasteiger charge is 2.35. The average molecular weight is 381 g/mol. The van der Waals surface area contributed by atoms with Crippen LogP contribution in [0.1, 0.15) is 36.6 Å². The maximum atomic E-state index is 13.0. The minimum Gasteiger partial charge on any atom is -0.467 e. The van der Waals surface area contributed by atoms with Gasteiger partial charge in [-0.3, -0.25) is 9.59 Å². The van der Waals surface area contributed by atoms with Crippen molar-refractivity contribution in [1.82, 2.24) is 15.1 Å². The Morgan fingerprint density at radius 1 is 1.14 bits per heavy atom. The first kappa shape index (κ1) is 18.7. The van der Waals surface area contributed by atoms with Crippen molar-refractivity contribution < 1.29 is 14.0 Å². The van der Waals surface area contributed by atoms with Gasteiger partial charge < -0.3 is 19.5 Å². The number of carbonyl (C=O) groups is 2. The van der Waals surface area contributed by atoms with Gasteiger partial charge in [0.25, 0.3) is 0 Å². The first-order valence-electron chi connectivity index (χ1n) is 10.1. The van der Waals surface area contributed by atoms with Gasteiger partial charge in [0.2, 0.25) is 11.8 Å². The third-order valence-electron chi connectivity index (χ3n) is 5.67. The van der Waals surface area contributed by atoms with Crippen LogP contribution in [-0.4, -0.2) is 47.8 Å². The fourth-order valence-corrected chi connectivity index (χ4v) is 4.12. The van der Waals surface area contributed by atoms with Crippen LogP contribution in [0.2, 0.25) is 0 Å². The monoisotopic (exact) mass is 381 g/mol. The van der Waals surface area contributed by atoms with E-state index in [2.05, 4.69) is 22.3 Å². The van der Waals surface area contributed by atoms with Crippen LogP contribution in [0.4, 0.5) is 0 Å². The van der Waals surface area contributed by atoms with Crippen molar-refractivity contribution >= 4 is 11.8 Å². The van der Waals surface area contributed by atoms with Crippen LogP contribution in [-0.2, 0) is 16.1 Å².